The van der Waals surface area contributed by atoms with Crippen LogP contribution < -0.4 is 10.9 Å². The van der Waals surface area contributed by atoms with Crippen LogP contribution in [0.4, 0.5) is 4.79 Å². The molecule has 1 unspecified atom stereocenters. The number of fused-ring (bicyclic) bond motifs is 1. The lowest BCUT2D eigenvalue weighted by atomic mass is 9.94. The molecule has 0 fully saturated rings. The maximum atomic E-state index is 12.5. The van der Waals surface area contributed by atoms with Gasteiger partial charge < -0.3 is 15.2 Å². The van der Waals surface area contributed by atoms with Crippen LogP contribution >= 0.6 is 0 Å². The normalized spacial score (nSPS) is 12.9. The van der Waals surface area contributed by atoms with E-state index in [4.69, 9.17) is 15.2 Å². The van der Waals surface area contributed by atoms with Crippen LogP contribution in [-0.2, 0) is 28.3 Å². The van der Waals surface area contributed by atoms with Gasteiger partial charge in [0.15, 0.2) is 0 Å². The molecule has 0 bridgehead atoms. The fourth-order valence-electron chi connectivity index (χ4n) is 4.77. The lowest BCUT2D eigenvalue weighted by Crippen LogP contribution is -2.40. The number of benzene rings is 4. The Morgan fingerprint density at radius 2 is 1.54 bits per heavy atom. The average molecular weight is 547 g/mol. The first kappa shape index (κ1) is 27.8. The smallest absolute Gasteiger partial charge is 0.355 e. The molecule has 1 aromatic heterocycles. The van der Waals surface area contributed by atoms with Gasteiger partial charge in [0.05, 0.1) is 31.6 Å². The van der Waals surface area contributed by atoms with E-state index >= 15 is 0 Å². The molecule has 0 aliphatic rings. The number of nitrogens with zero attached hydrogens (tertiary/aromatic N) is 3. The number of carbonyl (C=O) groups excluding carboxylic acids is 1. The van der Waals surface area contributed by atoms with Crippen LogP contribution in [0.15, 0.2) is 120 Å². The van der Waals surface area contributed by atoms with Crippen LogP contribution in [0.3, 0.4) is 0 Å². The summed E-state index contributed by atoms with van der Waals surface area (Å²) in [6.45, 7) is 5.19. The first-order valence-electron chi connectivity index (χ1n) is 13.5. The molecule has 1 heterocycles. The Kier molecular flexibility index (Phi) is 8.58. The number of hydrogen-bond acceptors (Lipinski definition) is 4. The number of primary amides is 1. The summed E-state index contributed by atoms with van der Waals surface area (Å²) in [4.78, 5) is 12.5. The third-order valence-corrected chi connectivity index (χ3v) is 6.95. The van der Waals surface area contributed by atoms with Gasteiger partial charge in [-0.1, -0.05) is 97.1 Å². The number of para-hydroxylation sites is 1. The van der Waals surface area contributed by atoms with Gasteiger partial charge >= 0.3 is 6.03 Å². The highest BCUT2D eigenvalue weighted by Gasteiger charge is 2.29. The highest BCUT2D eigenvalue weighted by Crippen LogP contribution is 2.29. The van der Waals surface area contributed by atoms with Gasteiger partial charge in [-0.25, -0.2) is 9.47 Å². The first-order chi connectivity index (χ1) is 19.9. The summed E-state index contributed by atoms with van der Waals surface area (Å²) in [5.74, 6) is 0. The van der Waals surface area contributed by atoms with E-state index in [1.807, 2.05) is 129 Å². The van der Waals surface area contributed by atoms with Gasteiger partial charge in [-0.2, -0.15) is 5.10 Å². The largest absolute Gasteiger partial charge is 0.373 e. The lowest BCUT2D eigenvalue weighted by Gasteiger charge is -2.31. The van der Waals surface area contributed by atoms with Crippen molar-refractivity contribution in [2.75, 3.05) is 11.7 Å². The van der Waals surface area contributed by atoms with Crippen molar-refractivity contribution >= 4 is 23.1 Å². The van der Waals surface area contributed by atoms with E-state index in [1.165, 1.54) is 5.12 Å². The summed E-state index contributed by atoms with van der Waals surface area (Å²) in [7, 11) is 0. The van der Waals surface area contributed by atoms with Gasteiger partial charge in [-0.05, 0) is 54.3 Å². The SMILES string of the molecule is Cc1cc2ccccc2n1N(/N=C/c1cccc(C(C)(COCc2ccccc2)OCc2ccccc2)c1)C(N)=O. The van der Waals surface area contributed by atoms with Crippen molar-refractivity contribution in [2.45, 2.75) is 32.7 Å². The average Bonchev–Trinajstić information content (AvgIpc) is 3.33. The number of nitrogens with two attached hydrogens (primary N) is 1. The maximum Gasteiger partial charge on any atom is 0.355 e. The van der Waals surface area contributed by atoms with Crippen LogP contribution in [0.2, 0.25) is 0 Å². The van der Waals surface area contributed by atoms with E-state index in [9.17, 15) is 4.79 Å². The van der Waals surface area contributed by atoms with E-state index in [0.29, 0.717) is 19.8 Å². The number of ether oxygens (including phenoxy) is 2. The molecular formula is C34H34N4O3. The number of rotatable bonds is 11. The molecule has 5 rings (SSSR count). The molecule has 5 aromatic rings. The van der Waals surface area contributed by atoms with Gasteiger partial charge in [0.1, 0.15) is 5.60 Å². The van der Waals surface area contributed by atoms with Gasteiger partial charge in [0.25, 0.3) is 0 Å². The van der Waals surface area contributed by atoms with Gasteiger partial charge in [-0.3, -0.25) is 0 Å². The number of urea groups is 1. The summed E-state index contributed by atoms with van der Waals surface area (Å²) in [6.07, 6.45) is 1.63. The first-order valence-corrected chi connectivity index (χ1v) is 13.5. The minimum absolute atomic E-state index is 0.345. The number of aryl methyl sites for hydroxylation is 1. The zero-order valence-corrected chi connectivity index (χ0v) is 23.3. The van der Waals surface area contributed by atoms with Crippen LogP contribution in [0.1, 0.15) is 34.9 Å². The number of amides is 2. The minimum atomic E-state index is -0.745. The van der Waals surface area contributed by atoms with Crippen LogP contribution in [0, 0.1) is 6.92 Å². The fourth-order valence-corrected chi connectivity index (χ4v) is 4.77. The molecule has 0 radical (unpaired) electrons. The summed E-state index contributed by atoms with van der Waals surface area (Å²) in [6, 6.07) is 37.1. The molecule has 0 saturated carbocycles. The Morgan fingerprint density at radius 1 is 0.878 bits per heavy atom. The van der Waals surface area contributed by atoms with Gasteiger partial charge in [0.2, 0.25) is 0 Å². The molecule has 7 heteroatoms. The summed E-state index contributed by atoms with van der Waals surface area (Å²) >= 11 is 0. The second-order valence-corrected chi connectivity index (χ2v) is 10.1. The Balaban J connectivity index is 1.40. The summed E-state index contributed by atoms with van der Waals surface area (Å²) in [5, 5.41) is 6.66. The number of aromatic nitrogens is 1. The molecule has 1 atom stereocenters. The molecule has 4 aromatic carbocycles. The lowest BCUT2D eigenvalue weighted by molar-refractivity contribution is -0.104. The molecule has 0 saturated heterocycles. The van der Waals surface area contributed by atoms with Crippen molar-refractivity contribution < 1.29 is 14.3 Å². The van der Waals surface area contributed by atoms with Crippen molar-refractivity contribution in [2.24, 2.45) is 10.8 Å². The summed E-state index contributed by atoms with van der Waals surface area (Å²) in [5.41, 5.74) is 10.6. The molecule has 0 spiro atoms. The van der Waals surface area contributed by atoms with Crippen LogP contribution in [-0.4, -0.2) is 23.5 Å². The quantitative estimate of drug-likeness (QED) is 0.149. The molecule has 2 N–H and O–H groups in total. The maximum absolute atomic E-state index is 12.5. The zero-order chi connectivity index (χ0) is 28.7. The van der Waals surface area contributed by atoms with Crippen molar-refractivity contribution in [1.29, 1.82) is 0 Å². The van der Waals surface area contributed by atoms with E-state index in [-0.39, 0.29) is 0 Å². The highest BCUT2D eigenvalue weighted by atomic mass is 16.5. The van der Waals surface area contributed by atoms with Crippen molar-refractivity contribution in [3.8, 4) is 0 Å². The highest BCUT2D eigenvalue weighted by molar-refractivity contribution is 5.90. The van der Waals surface area contributed by atoms with Crippen molar-refractivity contribution in [3.63, 3.8) is 0 Å². The molecule has 41 heavy (non-hydrogen) atoms. The number of hydrazone groups is 1. The van der Waals surface area contributed by atoms with Gasteiger partial charge in [0, 0.05) is 11.1 Å². The summed E-state index contributed by atoms with van der Waals surface area (Å²) < 4.78 is 14.4. The van der Waals surface area contributed by atoms with E-state index in [1.54, 1.807) is 10.9 Å². The van der Waals surface area contributed by atoms with Crippen molar-refractivity contribution in [3.05, 3.63) is 143 Å². The molecule has 7 nitrogen and oxygen atoms in total. The Bertz CT molecular complexity index is 1630. The minimum Gasteiger partial charge on any atom is -0.373 e. The standard InChI is InChI=1S/C34H34N4O3/c1-26-20-30-17-9-10-19-32(30)37(26)38(33(35)39)36-22-29-16-11-18-31(21-29)34(2,41-24-28-14-7-4-8-15-28)25-40-23-27-12-5-3-6-13-27/h3-22H,23-25H2,1-2H3,(H2,35,39)/b36-22+. The van der Waals surface area contributed by atoms with E-state index in [0.717, 1.165) is 38.9 Å². The van der Waals surface area contributed by atoms with E-state index < -0.39 is 11.6 Å². The fraction of sp³-hybridized carbons (Fsp3) is 0.176. The third-order valence-electron chi connectivity index (χ3n) is 6.95. The predicted octanol–water partition coefficient (Wildman–Crippen LogP) is 6.65. The predicted molar refractivity (Wildman–Crippen MR) is 163 cm³/mol. The molecule has 2 amide bonds. The molecule has 0 aliphatic carbocycles. The topological polar surface area (TPSA) is 82.1 Å². The Hall–Kier alpha value is -4.72. The molecule has 0 aliphatic heterocycles. The molecule has 208 valence electrons. The second-order valence-electron chi connectivity index (χ2n) is 10.1. The second kappa shape index (κ2) is 12.6. The number of hydrogen-bond donors (Lipinski definition) is 1. The Morgan fingerprint density at radius 3 is 2.24 bits per heavy atom. The van der Waals surface area contributed by atoms with Gasteiger partial charge in [-0.15, -0.1) is 5.12 Å². The van der Waals surface area contributed by atoms with Crippen LogP contribution in [0.25, 0.3) is 10.9 Å². The van der Waals surface area contributed by atoms with Crippen molar-refractivity contribution in [1.82, 2.24) is 4.68 Å². The van der Waals surface area contributed by atoms with Crippen LogP contribution in [0.5, 0.6) is 0 Å². The zero-order valence-electron chi connectivity index (χ0n) is 23.3. The monoisotopic (exact) mass is 546 g/mol. The van der Waals surface area contributed by atoms with E-state index in [2.05, 4.69) is 5.10 Å². The third kappa shape index (κ3) is 6.72. The number of carbonyl (C=O) groups is 1. The molecular weight excluding hydrogens is 512 g/mol. The Labute approximate surface area is 240 Å².